The highest BCUT2D eigenvalue weighted by molar-refractivity contribution is 6.07. The summed E-state index contributed by atoms with van der Waals surface area (Å²) in [6.45, 7) is 1.30. The first-order chi connectivity index (χ1) is 18.7. The van der Waals surface area contributed by atoms with Gasteiger partial charge in [0.1, 0.15) is 22.8 Å². The van der Waals surface area contributed by atoms with Crippen LogP contribution < -0.4 is 25.3 Å². The van der Waals surface area contributed by atoms with E-state index in [2.05, 4.69) is 19.8 Å². The molecule has 0 saturated carbocycles. The maximum absolute atomic E-state index is 15.2. The Bertz CT molecular complexity index is 1500. The Kier molecular flexibility index (Phi) is 6.54. The highest BCUT2D eigenvalue weighted by Crippen LogP contribution is 2.41. The number of anilines is 1. The number of benzene rings is 2. The second-order valence-electron chi connectivity index (χ2n) is 7.31. The number of hydrogen-bond acceptors (Lipinski definition) is 6. The number of amides is 2. The van der Waals surface area contributed by atoms with Gasteiger partial charge >= 0.3 is 12.5 Å². The van der Waals surface area contributed by atoms with Gasteiger partial charge < -0.3 is 25.3 Å². The van der Waals surface area contributed by atoms with Crippen LogP contribution in [-0.2, 0) is 6.18 Å². The molecule has 0 aliphatic heterocycles. The van der Waals surface area contributed by atoms with Crippen molar-refractivity contribution in [3.8, 4) is 23.0 Å². The molecule has 2 aromatic carbocycles. The molecule has 0 aliphatic carbocycles. The number of ether oxygens (including phenoxy) is 3. The summed E-state index contributed by atoms with van der Waals surface area (Å²) in [7, 11) is -3.26. The van der Waals surface area contributed by atoms with E-state index in [-0.39, 0.29) is 23.1 Å². The molecule has 0 aliphatic rings. The normalized spacial score (nSPS) is 13.1. The quantitative estimate of drug-likeness (QED) is 0.371. The van der Waals surface area contributed by atoms with Gasteiger partial charge in [-0.05, 0) is 43.3 Å². The molecule has 1 heterocycles. The monoisotopic (exact) mass is 550 g/mol. The lowest BCUT2D eigenvalue weighted by atomic mass is 10.1. The summed E-state index contributed by atoms with van der Waals surface area (Å²) in [5, 5.41) is 2.12. The zero-order chi connectivity index (χ0) is 30.9. The number of hydrogen-bond donors (Lipinski definition) is 2. The van der Waals surface area contributed by atoms with Gasteiger partial charge in [0.2, 0.25) is 0 Å². The first kappa shape index (κ1) is 23.8. The number of rotatable bonds is 7. The van der Waals surface area contributed by atoms with E-state index < -0.39 is 71.3 Å². The average molecular weight is 550 g/mol. The molecule has 0 spiro atoms. The minimum absolute atomic E-state index is 0.0295. The van der Waals surface area contributed by atoms with Crippen LogP contribution in [0.15, 0.2) is 42.5 Å². The minimum Gasteiger partial charge on any atom is -0.493 e. The Hall–Kier alpha value is -4.56. The summed E-state index contributed by atoms with van der Waals surface area (Å²) in [5.41, 5.74) is 1.51. The molecule has 0 radical (unpaired) electrons. The van der Waals surface area contributed by atoms with Gasteiger partial charge in [0, 0.05) is 6.07 Å². The molecule has 202 valence electrons. The smallest absolute Gasteiger partial charge is 0.493 e. The lowest BCUT2D eigenvalue weighted by Crippen LogP contribution is -2.20. The predicted molar refractivity (Wildman–Crippen MR) is 117 cm³/mol. The second-order valence-corrected chi connectivity index (χ2v) is 7.31. The van der Waals surface area contributed by atoms with Gasteiger partial charge in [-0.15, -0.1) is 13.2 Å². The molecule has 3 rings (SSSR count). The Balaban J connectivity index is 2.11. The van der Waals surface area contributed by atoms with E-state index in [9.17, 15) is 35.9 Å². The molecule has 0 unspecified atom stereocenters. The number of nitrogens with two attached hydrogens (primary N) is 1. The zero-order valence-corrected chi connectivity index (χ0v) is 18.8. The summed E-state index contributed by atoms with van der Waals surface area (Å²) < 4.78 is 129. The highest BCUT2D eigenvalue weighted by atomic mass is 19.4. The molecule has 2 amide bonds. The summed E-state index contributed by atoms with van der Waals surface area (Å²) >= 11 is 0. The predicted octanol–water partition coefficient (Wildman–Crippen LogP) is 5.60. The third-order valence-corrected chi connectivity index (χ3v) is 4.70. The van der Waals surface area contributed by atoms with Crippen molar-refractivity contribution in [2.45, 2.75) is 19.5 Å². The molecule has 8 nitrogen and oxygen atoms in total. The van der Waals surface area contributed by atoms with E-state index in [0.717, 1.165) is 12.1 Å². The number of pyridine rings is 1. The molecule has 0 fully saturated rings. The molecule has 0 atom stereocenters. The van der Waals surface area contributed by atoms with Crippen LogP contribution in [0.2, 0.25) is 0 Å². The Labute approximate surface area is 213 Å². The lowest BCUT2D eigenvalue weighted by Gasteiger charge is -2.18. The van der Waals surface area contributed by atoms with E-state index in [4.69, 9.17) is 14.6 Å². The molecule has 1 aromatic heterocycles. The van der Waals surface area contributed by atoms with E-state index in [1.165, 1.54) is 6.92 Å². The fraction of sp³-hybridized carbons (Fsp3) is 0.174. The molecule has 3 aromatic rings. The van der Waals surface area contributed by atoms with E-state index >= 15 is 4.39 Å². The van der Waals surface area contributed by atoms with Gasteiger partial charge in [0.05, 0.1) is 28.1 Å². The topological polar surface area (TPSA) is 113 Å². The van der Waals surface area contributed by atoms with Crippen LogP contribution in [0, 0.1) is 12.7 Å². The third-order valence-electron chi connectivity index (χ3n) is 4.70. The minimum atomic E-state index is -5.27. The van der Waals surface area contributed by atoms with Crippen LogP contribution in [0.4, 0.5) is 36.4 Å². The molecule has 38 heavy (non-hydrogen) atoms. The van der Waals surface area contributed by atoms with Gasteiger partial charge in [0.15, 0.2) is 17.3 Å². The fourth-order valence-electron chi connectivity index (χ4n) is 3.06. The molecular weight excluding hydrogens is 531 g/mol. The standard InChI is InChI=1S/C23H16F7N3O5/c1-10-13(5-6-14(32-10)20(31)34)33-21(35)18-16(8-4-12(19(18)24)22(25,26)27)37-15-7-3-11(9-17(15)36-2)38-23(28,29)30/h3-9H,1-2H3,(H2,31,34)(H,33,35)/i2D3. The van der Waals surface area contributed by atoms with E-state index in [1.807, 2.05) is 0 Å². The number of halogens is 7. The highest BCUT2D eigenvalue weighted by Gasteiger charge is 2.38. The van der Waals surface area contributed by atoms with E-state index in [0.29, 0.717) is 24.3 Å². The molecule has 0 saturated heterocycles. The van der Waals surface area contributed by atoms with Crippen molar-refractivity contribution < 1.29 is 58.6 Å². The number of alkyl halides is 6. The summed E-state index contributed by atoms with van der Waals surface area (Å²) in [4.78, 5) is 28.1. The number of primary amides is 1. The SMILES string of the molecule is [2H]C([2H])([2H])Oc1cc(OC(F)(F)F)ccc1Oc1ccc(C(F)(F)F)c(F)c1C(=O)Nc1ccc(C(N)=O)nc1C. The Morgan fingerprint density at radius 1 is 1.00 bits per heavy atom. The average Bonchev–Trinajstić information content (AvgIpc) is 2.79. The lowest BCUT2D eigenvalue weighted by molar-refractivity contribution is -0.274. The molecule has 15 heteroatoms. The Morgan fingerprint density at radius 3 is 2.26 bits per heavy atom. The third kappa shape index (κ3) is 6.41. The van der Waals surface area contributed by atoms with Gasteiger partial charge in [-0.3, -0.25) is 9.59 Å². The van der Waals surface area contributed by atoms with Crippen LogP contribution in [0.3, 0.4) is 0 Å². The van der Waals surface area contributed by atoms with Crippen LogP contribution in [0.1, 0.15) is 36.2 Å². The summed E-state index contributed by atoms with van der Waals surface area (Å²) in [5.74, 6) is -8.03. The summed E-state index contributed by atoms with van der Waals surface area (Å²) in [6, 6.07) is 4.73. The van der Waals surface area contributed by atoms with Crippen molar-refractivity contribution in [3.63, 3.8) is 0 Å². The number of carbonyl (C=O) groups excluding carboxylic acids is 2. The number of nitrogens with zero attached hydrogens (tertiary/aromatic N) is 1. The second kappa shape index (κ2) is 10.4. The van der Waals surface area contributed by atoms with Crippen molar-refractivity contribution in [3.05, 3.63) is 70.8 Å². The maximum Gasteiger partial charge on any atom is 0.573 e. The maximum atomic E-state index is 15.2. The number of nitrogens with one attached hydrogen (secondary N) is 1. The first-order valence-electron chi connectivity index (χ1n) is 11.5. The molecular formula is C23H16F7N3O5. The van der Waals surface area contributed by atoms with Gasteiger partial charge in [-0.25, -0.2) is 9.37 Å². The van der Waals surface area contributed by atoms with Gasteiger partial charge in [-0.1, -0.05) is 0 Å². The van der Waals surface area contributed by atoms with Crippen LogP contribution >= 0.6 is 0 Å². The van der Waals surface area contributed by atoms with Gasteiger partial charge in [0.25, 0.3) is 11.8 Å². The number of carbonyl (C=O) groups is 2. The summed E-state index contributed by atoms with van der Waals surface area (Å²) in [6.07, 6.45) is -10.5. The largest absolute Gasteiger partial charge is 0.573 e. The Morgan fingerprint density at radius 2 is 1.68 bits per heavy atom. The van der Waals surface area contributed by atoms with Crippen molar-refractivity contribution in [1.82, 2.24) is 4.98 Å². The first-order valence-corrected chi connectivity index (χ1v) is 10.0. The zero-order valence-electron chi connectivity index (χ0n) is 21.8. The van der Waals surface area contributed by atoms with Crippen molar-refractivity contribution in [2.75, 3.05) is 12.4 Å². The van der Waals surface area contributed by atoms with Crippen LogP contribution in [-0.4, -0.2) is 30.2 Å². The molecule has 3 N–H and O–H groups in total. The number of aryl methyl sites for hydroxylation is 1. The van der Waals surface area contributed by atoms with Crippen LogP contribution in [0.5, 0.6) is 23.0 Å². The molecule has 0 bridgehead atoms. The number of aromatic nitrogens is 1. The van der Waals surface area contributed by atoms with Crippen molar-refractivity contribution in [2.24, 2.45) is 5.73 Å². The number of methoxy groups -OCH3 is 1. The fourth-order valence-corrected chi connectivity index (χ4v) is 3.06. The van der Waals surface area contributed by atoms with Crippen molar-refractivity contribution >= 4 is 17.5 Å². The van der Waals surface area contributed by atoms with Crippen LogP contribution in [0.25, 0.3) is 0 Å². The van der Waals surface area contributed by atoms with Gasteiger partial charge in [-0.2, -0.15) is 13.2 Å². The van der Waals surface area contributed by atoms with E-state index in [1.54, 1.807) is 0 Å². The van der Waals surface area contributed by atoms with Crippen molar-refractivity contribution in [1.29, 1.82) is 0 Å².